The smallest absolute Gasteiger partial charge is 0.303 e. The summed E-state index contributed by atoms with van der Waals surface area (Å²) in [4.78, 5) is 45.7. The molecule has 0 aromatic heterocycles. The van der Waals surface area contributed by atoms with Gasteiger partial charge in [0.2, 0.25) is 0 Å². The van der Waals surface area contributed by atoms with Crippen LogP contribution in [-0.2, 0) is 42.9 Å². The Morgan fingerprint density at radius 2 is 1.67 bits per heavy atom. The van der Waals surface area contributed by atoms with Gasteiger partial charge in [-0.25, -0.2) is 0 Å². The second-order valence-corrected chi connectivity index (χ2v) is 7.45. The van der Waals surface area contributed by atoms with Gasteiger partial charge in [-0.1, -0.05) is 15.9 Å². The van der Waals surface area contributed by atoms with Crippen LogP contribution in [0.15, 0.2) is 0 Å². The third kappa shape index (κ3) is 7.43. The van der Waals surface area contributed by atoms with Crippen LogP contribution in [0.5, 0.6) is 0 Å². The van der Waals surface area contributed by atoms with E-state index in [1.54, 1.807) is 0 Å². The van der Waals surface area contributed by atoms with Gasteiger partial charge in [0.25, 0.3) is 0 Å². The SMILES string of the molecule is CC(=O)OC[C@@H](OC(C)=O)[C@H]1O[C@@](Br)(CO)C[C@@H](OC(C)=O)[C@H]1OC(C)=O. The van der Waals surface area contributed by atoms with E-state index in [-0.39, 0.29) is 6.42 Å². The van der Waals surface area contributed by atoms with E-state index in [0.717, 1.165) is 13.8 Å². The summed E-state index contributed by atoms with van der Waals surface area (Å²) in [5.74, 6) is -2.66. The summed E-state index contributed by atoms with van der Waals surface area (Å²) >= 11 is 3.22. The quantitative estimate of drug-likeness (QED) is 0.323. The number of aliphatic hydroxyl groups excluding tert-OH is 1. The first kappa shape index (κ1) is 23.3. The first-order valence-corrected chi connectivity index (χ1v) is 8.89. The maximum atomic E-state index is 11.6. The molecule has 154 valence electrons. The average Bonchev–Trinajstić information content (AvgIpc) is 2.52. The van der Waals surface area contributed by atoms with Crippen LogP contribution in [0.1, 0.15) is 34.1 Å². The molecular weight excluding hydrogens is 432 g/mol. The van der Waals surface area contributed by atoms with Crippen LogP contribution < -0.4 is 0 Å². The molecule has 1 fully saturated rings. The standard InChI is InChI=1S/C16H23BrO10/c1-8(19)23-6-13(25-10(3)21)15-14(26-11(4)22)12(24-9(2)20)5-16(17,7-18)27-15/h12-15,18H,5-7H2,1-4H3/t12-,13-,14-,15-,16-/m1/s1. The number of halogens is 1. The molecule has 0 spiro atoms. The first-order chi connectivity index (χ1) is 12.5. The molecule has 0 unspecified atom stereocenters. The van der Waals surface area contributed by atoms with Gasteiger partial charge in [0.1, 0.15) is 23.3 Å². The summed E-state index contributed by atoms with van der Waals surface area (Å²) in [5.41, 5.74) is 0. The number of hydrogen-bond donors (Lipinski definition) is 1. The Hall–Kier alpha value is -1.72. The number of aliphatic hydroxyl groups is 1. The molecule has 5 atom stereocenters. The van der Waals surface area contributed by atoms with Gasteiger partial charge in [-0.2, -0.15) is 0 Å². The minimum absolute atomic E-state index is 0.0438. The van der Waals surface area contributed by atoms with Crippen molar-refractivity contribution < 1.29 is 48.0 Å². The molecule has 27 heavy (non-hydrogen) atoms. The van der Waals surface area contributed by atoms with E-state index in [1.807, 2.05) is 0 Å². The molecule has 0 bridgehead atoms. The van der Waals surface area contributed by atoms with Crippen molar-refractivity contribution in [2.45, 2.75) is 63.0 Å². The van der Waals surface area contributed by atoms with Gasteiger partial charge in [-0.3, -0.25) is 19.2 Å². The van der Waals surface area contributed by atoms with Gasteiger partial charge >= 0.3 is 23.9 Å². The minimum atomic E-state index is -1.36. The summed E-state index contributed by atoms with van der Waals surface area (Å²) < 4.78 is 25.0. The summed E-state index contributed by atoms with van der Waals surface area (Å²) in [6, 6.07) is 0. The van der Waals surface area contributed by atoms with Gasteiger partial charge in [0, 0.05) is 34.1 Å². The van der Waals surface area contributed by atoms with Crippen molar-refractivity contribution in [2.75, 3.05) is 13.2 Å². The number of ether oxygens (including phenoxy) is 5. The summed E-state index contributed by atoms with van der Waals surface area (Å²) in [7, 11) is 0. The lowest BCUT2D eigenvalue weighted by molar-refractivity contribution is -0.241. The van der Waals surface area contributed by atoms with Crippen LogP contribution in [0.2, 0.25) is 0 Å². The van der Waals surface area contributed by atoms with E-state index < -0.39 is 66.0 Å². The number of alkyl halides is 1. The summed E-state index contributed by atoms with van der Waals surface area (Å²) in [5, 5.41) is 9.66. The van der Waals surface area contributed by atoms with E-state index >= 15 is 0 Å². The van der Waals surface area contributed by atoms with E-state index in [2.05, 4.69) is 15.9 Å². The van der Waals surface area contributed by atoms with Crippen LogP contribution in [0.3, 0.4) is 0 Å². The molecule has 0 radical (unpaired) electrons. The zero-order chi connectivity index (χ0) is 20.8. The highest BCUT2D eigenvalue weighted by Gasteiger charge is 2.53. The number of carbonyl (C=O) groups is 4. The van der Waals surface area contributed by atoms with Crippen LogP contribution in [-0.4, -0.2) is 71.1 Å². The summed E-state index contributed by atoms with van der Waals surface area (Å²) in [6.45, 7) is 3.72. The fraction of sp³-hybridized carbons (Fsp3) is 0.750. The largest absolute Gasteiger partial charge is 0.462 e. The first-order valence-electron chi connectivity index (χ1n) is 8.10. The van der Waals surface area contributed by atoms with Gasteiger partial charge in [0.15, 0.2) is 12.2 Å². The Kier molecular flexibility index (Phi) is 8.63. The van der Waals surface area contributed by atoms with Gasteiger partial charge in [0.05, 0.1) is 6.61 Å². The van der Waals surface area contributed by atoms with Gasteiger partial charge < -0.3 is 28.8 Å². The maximum absolute atomic E-state index is 11.6. The molecule has 1 saturated heterocycles. The highest BCUT2D eigenvalue weighted by atomic mass is 79.9. The molecule has 0 aromatic rings. The van der Waals surface area contributed by atoms with Crippen molar-refractivity contribution in [3.8, 4) is 0 Å². The van der Waals surface area contributed by atoms with Crippen molar-refractivity contribution >= 4 is 39.8 Å². The highest BCUT2D eigenvalue weighted by molar-refractivity contribution is 9.10. The molecule has 0 aliphatic carbocycles. The lowest BCUT2D eigenvalue weighted by Gasteiger charge is -2.45. The van der Waals surface area contributed by atoms with E-state index in [4.69, 9.17) is 23.7 Å². The predicted octanol–water partition coefficient (Wildman–Crippen LogP) is 0.217. The minimum Gasteiger partial charge on any atom is -0.462 e. The number of hydrogen-bond acceptors (Lipinski definition) is 10. The van der Waals surface area contributed by atoms with Crippen molar-refractivity contribution in [2.24, 2.45) is 0 Å². The molecule has 0 amide bonds. The molecule has 1 aliphatic heterocycles. The molecule has 1 rings (SSSR count). The molecule has 0 saturated carbocycles. The monoisotopic (exact) mass is 454 g/mol. The Balaban J connectivity index is 3.27. The summed E-state index contributed by atoms with van der Waals surface area (Å²) in [6.07, 6.45) is -4.59. The Morgan fingerprint density at radius 3 is 2.11 bits per heavy atom. The van der Waals surface area contributed by atoms with Crippen molar-refractivity contribution in [1.29, 1.82) is 0 Å². The van der Waals surface area contributed by atoms with Gasteiger partial charge in [-0.15, -0.1) is 0 Å². The third-order valence-electron chi connectivity index (χ3n) is 3.53. The average molecular weight is 455 g/mol. The zero-order valence-corrected chi connectivity index (χ0v) is 17.0. The predicted molar refractivity (Wildman–Crippen MR) is 91.5 cm³/mol. The maximum Gasteiger partial charge on any atom is 0.303 e. The molecule has 0 aromatic carbocycles. The Bertz CT molecular complexity index is 580. The van der Waals surface area contributed by atoms with Crippen LogP contribution in [0.4, 0.5) is 0 Å². The molecule has 1 heterocycles. The molecule has 1 aliphatic rings. The third-order valence-corrected chi connectivity index (χ3v) is 4.30. The second kappa shape index (κ2) is 10.00. The Labute approximate surface area is 164 Å². The highest BCUT2D eigenvalue weighted by Crippen LogP contribution is 2.38. The molecule has 10 nitrogen and oxygen atoms in total. The normalized spacial score (nSPS) is 28.6. The lowest BCUT2D eigenvalue weighted by atomic mass is 9.94. The fourth-order valence-corrected chi connectivity index (χ4v) is 3.18. The lowest BCUT2D eigenvalue weighted by Crippen LogP contribution is -2.61. The Morgan fingerprint density at radius 1 is 1.07 bits per heavy atom. The topological polar surface area (TPSA) is 135 Å². The molecular formula is C16H23BrO10. The zero-order valence-electron chi connectivity index (χ0n) is 15.4. The van der Waals surface area contributed by atoms with Crippen molar-refractivity contribution in [3.05, 3.63) is 0 Å². The van der Waals surface area contributed by atoms with E-state index in [9.17, 15) is 24.3 Å². The van der Waals surface area contributed by atoms with Crippen molar-refractivity contribution in [1.82, 2.24) is 0 Å². The van der Waals surface area contributed by atoms with Crippen LogP contribution >= 0.6 is 15.9 Å². The van der Waals surface area contributed by atoms with Crippen LogP contribution in [0, 0.1) is 0 Å². The number of rotatable bonds is 7. The number of carbonyl (C=O) groups excluding carboxylic acids is 4. The number of esters is 4. The van der Waals surface area contributed by atoms with E-state index in [0.29, 0.717) is 0 Å². The second-order valence-electron chi connectivity index (χ2n) is 6.00. The molecule has 1 N–H and O–H groups in total. The fourth-order valence-electron chi connectivity index (χ4n) is 2.64. The van der Waals surface area contributed by atoms with E-state index in [1.165, 1.54) is 13.8 Å². The van der Waals surface area contributed by atoms with Crippen molar-refractivity contribution in [3.63, 3.8) is 0 Å². The van der Waals surface area contributed by atoms with Gasteiger partial charge in [-0.05, 0) is 0 Å². The van der Waals surface area contributed by atoms with Crippen LogP contribution in [0.25, 0.3) is 0 Å². The molecule has 11 heteroatoms.